The number of hydrogen-bond donors (Lipinski definition) is 0. The van der Waals surface area contributed by atoms with Gasteiger partial charge in [-0.1, -0.05) is 36.8 Å². The first-order valence-electron chi connectivity index (χ1n) is 13.0. The third kappa shape index (κ3) is 3.23. The van der Waals surface area contributed by atoms with Gasteiger partial charge in [-0.25, -0.2) is 0 Å². The number of ketones is 2. The fourth-order valence-corrected chi connectivity index (χ4v) is 8.49. The molecule has 0 unspecified atom stereocenters. The number of allylic oxidation sites excluding steroid dienone is 4. The Labute approximate surface area is 205 Å². The second kappa shape index (κ2) is 8.06. The molecule has 1 saturated heterocycles. The molecule has 1 aromatic carbocycles. The van der Waals surface area contributed by atoms with Crippen LogP contribution in [0.15, 0.2) is 58.7 Å². The van der Waals surface area contributed by atoms with E-state index in [0.717, 1.165) is 37.7 Å². The Morgan fingerprint density at radius 2 is 1.83 bits per heavy atom. The van der Waals surface area contributed by atoms with Crippen LogP contribution in [0, 0.1) is 17.3 Å². The van der Waals surface area contributed by atoms with Crippen molar-refractivity contribution in [3.63, 3.8) is 0 Å². The minimum Gasteiger partial charge on any atom is -0.370 e. The number of carbonyl (C=O) groups excluding carboxylic acids is 2. The van der Waals surface area contributed by atoms with Crippen LogP contribution in [0.5, 0.6) is 0 Å². The van der Waals surface area contributed by atoms with Gasteiger partial charge in [0.1, 0.15) is 5.60 Å². The zero-order valence-electron chi connectivity index (χ0n) is 20.5. The van der Waals surface area contributed by atoms with Gasteiger partial charge in [-0.2, -0.15) is 8.78 Å². The van der Waals surface area contributed by atoms with Crippen molar-refractivity contribution in [3.05, 3.63) is 69.8 Å². The second-order valence-electron chi connectivity index (χ2n) is 11.4. The fraction of sp³-hybridized carbons (Fsp3) is 0.533. The van der Waals surface area contributed by atoms with Crippen molar-refractivity contribution in [2.45, 2.75) is 76.7 Å². The van der Waals surface area contributed by atoms with Crippen LogP contribution in [0.2, 0.25) is 0 Å². The van der Waals surface area contributed by atoms with Gasteiger partial charge in [0.05, 0.1) is 6.61 Å². The summed E-state index contributed by atoms with van der Waals surface area (Å²) in [5, 5.41) is 0. The molecule has 5 aliphatic rings. The van der Waals surface area contributed by atoms with Crippen LogP contribution in [0.25, 0.3) is 0 Å². The lowest BCUT2D eigenvalue weighted by atomic mass is 9.50. The molecule has 0 radical (unpaired) electrons. The molecule has 0 amide bonds. The van der Waals surface area contributed by atoms with E-state index in [2.05, 4.69) is 6.92 Å². The molecular weight excluding hydrogens is 446 g/mol. The Kier molecular flexibility index (Phi) is 5.30. The molecule has 5 heteroatoms. The third-order valence-electron chi connectivity index (χ3n) is 9.99. The van der Waals surface area contributed by atoms with Crippen LogP contribution >= 0.6 is 0 Å². The summed E-state index contributed by atoms with van der Waals surface area (Å²) in [4.78, 5) is 24.1. The maximum Gasteiger partial charge on any atom is 0.272 e. The molecule has 0 aromatic heterocycles. The zero-order valence-corrected chi connectivity index (χ0v) is 20.5. The molecule has 1 aliphatic heterocycles. The number of halogens is 2. The molecule has 0 N–H and O–H groups in total. The van der Waals surface area contributed by atoms with Gasteiger partial charge in [-0.15, -0.1) is 0 Å². The summed E-state index contributed by atoms with van der Waals surface area (Å²) in [5.41, 5.74) is 4.70. The molecule has 1 heterocycles. The summed E-state index contributed by atoms with van der Waals surface area (Å²) in [6.07, 6.45) is 6.03. The van der Waals surface area contributed by atoms with E-state index >= 15 is 0 Å². The SMILES string of the molecule is CC(=O)c1ccc([C@H]2C[C@@]3(C)[C@@H](CC[C@]34OCCC4=C(F)F)[C@@H]3CCC4=CC(=O)CCC4=C32)cc1. The molecule has 0 bridgehead atoms. The van der Waals surface area contributed by atoms with E-state index in [4.69, 9.17) is 4.74 Å². The van der Waals surface area contributed by atoms with Gasteiger partial charge in [-0.3, -0.25) is 9.59 Å². The number of carbonyl (C=O) groups is 2. The Hall–Kier alpha value is -2.40. The third-order valence-corrected chi connectivity index (χ3v) is 9.99. The standard InChI is InChI=1S/C30H32F2O3/c1-17(33)18-3-5-19(6-4-18)24-16-29(2)25(11-13-30(29)26(28(31)32)12-14-35-30)23-9-7-20-15-21(34)8-10-22(20)27(23)24/h3-6,15,23-25H,7-14,16H2,1-2H3/t23-,24+,25-,29-,30+/m0/s1. The van der Waals surface area contributed by atoms with Gasteiger partial charge in [0.25, 0.3) is 6.08 Å². The van der Waals surface area contributed by atoms with Gasteiger partial charge in [0, 0.05) is 35.3 Å². The highest BCUT2D eigenvalue weighted by atomic mass is 19.3. The minimum atomic E-state index is -1.56. The highest BCUT2D eigenvalue weighted by Crippen LogP contribution is 2.70. The maximum atomic E-state index is 14.2. The summed E-state index contributed by atoms with van der Waals surface area (Å²) in [6, 6.07) is 7.87. The monoisotopic (exact) mass is 478 g/mol. The van der Waals surface area contributed by atoms with Crippen LogP contribution in [0.3, 0.4) is 0 Å². The Morgan fingerprint density at radius 1 is 1.06 bits per heavy atom. The van der Waals surface area contributed by atoms with Crippen molar-refractivity contribution >= 4 is 11.6 Å². The normalized spacial score (nSPS) is 36.1. The molecule has 35 heavy (non-hydrogen) atoms. The number of rotatable bonds is 2. The van der Waals surface area contributed by atoms with E-state index in [1.807, 2.05) is 30.3 Å². The Morgan fingerprint density at radius 3 is 2.54 bits per heavy atom. The van der Waals surface area contributed by atoms with Crippen LogP contribution in [0.1, 0.15) is 87.1 Å². The highest BCUT2D eigenvalue weighted by molar-refractivity contribution is 5.94. The minimum absolute atomic E-state index is 0.0307. The number of ether oxygens (including phenoxy) is 1. The smallest absolute Gasteiger partial charge is 0.272 e. The van der Waals surface area contributed by atoms with Crippen LogP contribution < -0.4 is 0 Å². The first-order valence-corrected chi connectivity index (χ1v) is 13.0. The van der Waals surface area contributed by atoms with Crippen molar-refractivity contribution in [1.29, 1.82) is 0 Å². The van der Waals surface area contributed by atoms with E-state index in [1.165, 1.54) is 16.7 Å². The molecule has 2 saturated carbocycles. The summed E-state index contributed by atoms with van der Waals surface area (Å²) in [5.74, 6) is 0.891. The highest BCUT2D eigenvalue weighted by Gasteiger charge is 2.67. The predicted octanol–water partition coefficient (Wildman–Crippen LogP) is 7.10. The molecule has 3 nitrogen and oxygen atoms in total. The van der Waals surface area contributed by atoms with Crippen LogP contribution in [-0.4, -0.2) is 23.8 Å². The number of hydrogen-bond acceptors (Lipinski definition) is 3. The lowest BCUT2D eigenvalue weighted by Gasteiger charge is -2.55. The average Bonchev–Trinajstić information content (AvgIpc) is 3.40. The summed E-state index contributed by atoms with van der Waals surface area (Å²) in [6.45, 7) is 4.13. The molecule has 4 aliphatic carbocycles. The Bertz CT molecular complexity index is 1200. The molecule has 1 spiro atoms. The van der Waals surface area contributed by atoms with Gasteiger partial charge in [0.15, 0.2) is 11.6 Å². The molecule has 184 valence electrons. The molecule has 5 atom stereocenters. The molecular formula is C30H32F2O3. The number of fused-ring (bicyclic) bond motifs is 5. The number of benzene rings is 1. The maximum absolute atomic E-state index is 14.2. The quantitative estimate of drug-likeness (QED) is 0.426. The second-order valence-corrected chi connectivity index (χ2v) is 11.4. The molecule has 6 rings (SSSR count). The average molecular weight is 479 g/mol. The molecule has 3 fully saturated rings. The fourth-order valence-electron chi connectivity index (χ4n) is 8.49. The van der Waals surface area contributed by atoms with Crippen LogP contribution in [-0.2, 0) is 9.53 Å². The van der Waals surface area contributed by atoms with Crippen molar-refractivity contribution < 1.29 is 23.1 Å². The lowest BCUT2D eigenvalue weighted by Crippen LogP contribution is -2.52. The topological polar surface area (TPSA) is 43.4 Å². The van der Waals surface area contributed by atoms with Crippen molar-refractivity contribution in [1.82, 2.24) is 0 Å². The van der Waals surface area contributed by atoms with Gasteiger partial charge in [-0.05, 0) is 80.1 Å². The largest absolute Gasteiger partial charge is 0.370 e. The van der Waals surface area contributed by atoms with Crippen LogP contribution in [0.4, 0.5) is 8.78 Å². The van der Waals surface area contributed by atoms with E-state index in [-0.39, 0.29) is 29.0 Å². The lowest BCUT2D eigenvalue weighted by molar-refractivity contribution is -0.114. The molecule has 1 aromatic rings. The Balaban J connectivity index is 1.53. The van der Waals surface area contributed by atoms with Gasteiger partial charge >= 0.3 is 0 Å². The first-order chi connectivity index (χ1) is 16.7. The van der Waals surface area contributed by atoms with E-state index < -0.39 is 17.1 Å². The van der Waals surface area contributed by atoms with Gasteiger partial charge in [0.2, 0.25) is 0 Å². The summed E-state index contributed by atoms with van der Waals surface area (Å²) >= 11 is 0. The predicted molar refractivity (Wildman–Crippen MR) is 129 cm³/mol. The van der Waals surface area contributed by atoms with Gasteiger partial charge < -0.3 is 4.74 Å². The number of Topliss-reactive ketones (excluding diaryl/α,β-unsaturated/α-hetero) is 1. The van der Waals surface area contributed by atoms with Crippen molar-refractivity contribution in [3.8, 4) is 0 Å². The van der Waals surface area contributed by atoms with Crippen molar-refractivity contribution in [2.75, 3.05) is 6.61 Å². The van der Waals surface area contributed by atoms with Crippen molar-refractivity contribution in [2.24, 2.45) is 17.3 Å². The van der Waals surface area contributed by atoms with E-state index in [0.29, 0.717) is 37.4 Å². The summed E-state index contributed by atoms with van der Waals surface area (Å²) < 4.78 is 34.8. The first kappa shape index (κ1) is 23.0. The zero-order chi connectivity index (χ0) is 24.5. The van der Waals surface area contributed by atoms with E-state index in [1.54, 1.807) is 6.92 Å². The van der Waals surface area contributed by atoms with E-state index in [9.17, 15) is 18.4 Å². The summed E-state index contributed by atoms with van der Waals surface area (Å²) in [7, 11) is 0.